The van der Waals surface area contributed by atoms with Crippen LogP contribution >= 0.6 is 0 Å². The SMILES string of the molecule is O=C(O)c1cc(S(=O)(=O)NCCCOCc2ccccc2)ccc1F. The molecule has 0 aliphatic rings. The molecule has 134 valence electrons. The summed E-state index contributed by atoms with van der Waals surface area (Å²) in [7, 11) is -3.91. The Morgan fingerprint density at radius 3 is 2.56 bits per heavy atom. The quantitative estimate of drug-likeness (QED) is 0.664. The van der Waals surface area contributed by atoms with Crippen LogP contribution in [0.4, 0.5) is 4.39 Å². The molecule has 0 amide bonds. The molecule has 0 spiro atoms. The molecule has 0 bridgehead atoms. The summed E-state index contributed by atoms with van der Waals surface area (Å²) in [6.07, 6.45) is 0.443. The average Bonchev–Trinajstić information content (AvgIpc) is 2.58. The lowest BCUT2D eigenvalue weighted by atomic mass is 10.2. The van der Waals surface area contributed by atoms with Crippen LogP contribution < -0.4 is 4.72 Å². The van der Waals surface area contributed by atoms with Crippen LogP contribution in [-0.4, -0.2) is 32.6 Å². The smallest absolute Gasteiger partial charge is 0.338 e. The monoisotopic (exact) mass is 367 g/mol. The van der Waals surface area contributed by atoms with Crippen LogP contribution in [0, 0.1) is 5.82 Å². The molecular weight excluding hydrogens is 349 g/mol. The minimum atomic E-state index is -3.91. The van der Waals surface area contributed by atoms with Gasteiger partial charge in [0.2, 0.25) is 10.0 Å². The molecular formula is C17H18FNO5S. The summed E-state index contributed by atoms with van der Waals surface area (Å²) in [5.74, 6) is -2.51. The van der Waals surface area contributed by atoms with Gasteiger partial charge in [-0.2, -0.15) is 0 Å². The van der Waals surface area contributed by atoms with E-state index in [0.717, 1.165) is 23.8 Å². The van der Waals surface area contributed by atoms with Crippen molar-refractivity contribution in [2.75, 3.05) is 13.2 Å². The summed E-state index contributed by atoms with van der Waals surface area (Å²) in [5, 5.41) is 8.85. The molecule has 0 aromatic heterocycles. The standard InChI is InChI=1S/C17H18FNO5S/c18-16-8-7-14(11-15(16)17(20)21)25(22,23)19-9-4-10-24-12-13-5-2-1-3-6-13/h1-3,5-8,11,19H,4,9-10,12H2,(H,20,21). The zero-order valence-corrected chi connectivity index (χ0v) is 14.1. The first-order valence-corrected chi connectivity index (χ1v) is 9.02. The summed E-state index contributed by atoms with van der Waals surface area (Å²) in [5.41, 5.74) is 0.338. The molecule has 0 unspecified atom stereocenters. The number of nitrogens with one attached hydrogen (secondary N) is 1. The Morgan fingerprint density at radius 1 is 1.16 bits per heavy atom. The van der Waals surface area contributed by atoms with Crippen molar-refractivity contribution in [3.63, 3.8) is 0 Å². The van der Waals surface area contributed by atoms with Crippen LogP contribution in [0.5, 0.6) is 0 Å². The number of hydrogen-bond acceptors (Lipinski definition) is 4. The first-order valence-electron chi connectivity index (χ1n) is 7.54. The number of ether oxygens (including phenoxy) is 1. The zero-order valence-electron chi connectivity index (χ0n) is 13.3. The second kappa shape index (κ2) is 8.70. The molecule has 0 aliphatic heterocycles. The van der Waals surface area contributed by atoms with Crippen molar-refractivity contribution < 1.29 is 27.4 Å². The van der Waals surface area contributed by atoms with Crippen LogP contribution in [0.3, 0.4) is 0 Å². The maximum Gasteiger partial charge on any atom is 0.338 e. The average molecular weight is 367 g/mol. The molecule has 2 N–H and O–H groups in total. The number of rotatable bonds is 9. The second-order valence-corrected chi connectivity index (χ2v) is 7.00. The Bertz CT molecular complexity index is 824. The number of sulfonamides is 1. The normalized spacial score (nSPS) is 11.4. The lowest BCUT2D eigenvalue weighted by Crippen LogP contribution is -2.26. The highest BCUT2D eigenvalue weighted by Gasteiger charge is 2.18. The van der Waals surface area contributed by atoms with Gasteiger partial charge in [-0.15, -0.1) is 0 Å². The van der Waals surface area contributed by atoms with E-state index in [1.807, 2.05) is 30.3 Å². The van der Waals surface area contributed by atoms with E-state index in [4.69, 9.17) is 9.84 Å². The van der Waals surface area contributed by atoms with Crippen LogP contribution in [0.1, 0.15) is 22.3 Å². The van der Waals surface area contributed by atoms with Crippen molar-refractivity contribution >= 4 is 16.0 Å². The summed E-state index contributed by atoms with van der Waals surface area (Å²) in [6, 6.07) is 12.2. The number of carboxylic acid groups (broad SMARTS) is 1. The number of carbonyl (C=O) groups is 1. The Balaban J connectivity index is 1.81. The van der Waals surface area contributed by atoms with Crippen molar-refractivity contribution in [3.05, 3.63) is 65.5 Å². The molecule has 25 heavy (non-hydrogen) atoms. The van der Waals surface area contributed by atoms with E-state index in [1.54, 1.807) is 0 Å². The molecule has 0 heterocycles. The van der Waals surface area contributed by atoms with Gasteiger partial charge >= 0.3 is 5.97 Å². The van der Waals surface area contributed by atoms with E-state index >= 15 is 0 Å². The summed E-state index contributed by atoms with van der Waals surface area (Å²) < 4.78 is 45.3. The Morgan fingerprint density at radius 2 is 1.88 bits per heavy atom. The molecule has 2 aromatic rings. The zero-order chi connectivity index (χ0) is 18.3. The molecule has 0 fully saturated rings. The number of aromatic carboxylic acids is 1. The first-order chi connectivity index (χ1) is 11.9. The Labute approximate surface area is 145 Å². The van der Waals surface area contributed by atoms with Gasteiger partial charge in [0.15, 0.2) is 0 Å². The molecule has 0 radical (unpaired) electrons. The van der Waals surface area contributed by atoms with Gasteiger partial charge in [0.1, 0.15) is 5.82 Å². The fraction of sp³-hybridized carbons (Fsp3) is 0.235. The lowest BCUT2D eigenvalue weighted by Gasteiger charge is -2.08. The number of hydrogen-bond donors (Lipinski definition) is 2. The second-order valence-electron chi connectivity index (χ2n) is 5.24. The number of carboxylic acids is 1. The molecule has 0 aliphatic carbocycles. The minimum Gasteiger partial charge on any atom is -0.478 e. The number of benzene rings is 2. The van der Waals surface area contributed by atoms with Crippen LogP contribution in [0.2, 0.25) is 0 Å². The van der Waals surface area contributed by atoms with Gasteiger partial charge in [0.05, 0.1) is 17.1 Å². The van der Waals surface area contributed by atoms with Gasteiger partial charge in [0.25, 0.3) is 0 Å². The van der Waals surface area contributed by atoms with Crippen molar-refractivity contribution in [2.24, 2.45) is 0 Å². The highest BCUT2D eigenvalue weighted by Crippen LogP contribution is 2.15. The predicted molar refractivity (Wildman–Crippen MR) is 89.3 cm³/mol. The van der Waals surface area contributed by atoms with Gasteiger partial charge < -0.3 is 9.84 Å². The fourth-order valence-electron chi connectivity index (χ4n) is 2.06. The lowest BCUT2D eigenvalue weighted by molar-refractivity contribution is 0.0691. The third-order valence-electron chi connectivity index (χ3n) is 3.35. The van der Waals surface area contributed by atoms with Crippen LogP contribution in [-0.2, 0) is 21.4 Å². The topological polar surface area (TPSA) is 92.7 Å². The van der Waals surface area contributed by atoms with E-state index in [1.165, 1.54) is 0 Å². The van der Waals surface area contributed by atoms with Crippen molar-refractivity contribution in [1.29, 1.82) is 0 Å². The van der Waals surface area contributed by atoms with E-state index in [9.17, 15) is 17.6 Å². The first kappa shape index (κ1) is 19.0. The van der Waals surface area contributed by atoms with Crippen molar-refractivity contribution in [1.82, 2.24) is 4.72 Å². The fourth-order valence-corrected chi connectivity index (χ4v) is 3.16. The third-order valence-corrected chi connectivity index (χ3v) is 4.81. The van der Waals surface area contributed by atoms with Crippen LogP contribution in [0.25, 0.3) is 0 Å². The molecule has 0 saturated heterocycles. The summed E-state index contributed by atoms with van der Waals surface area (Å²) in [4.78, 5) is 10.6. The van der Waals surface area contributed by atoms with E-state index in [0.29, 0.717) is 19.6 Å². The van der Waals surface area contributed by atoms with Gasteiger partial charge in [0, 0.05) is 13.2 Å². The van der Waals surface area contributed by atoms with E-state index in [2.05, 4.69) is 4.72 Å². The van der Waals surface area contributed by atoms with Crippen molar-refractivity contribution in [3.8, 4) is 0 Å². The number of halogens is 1. The highest BCUT2D eigenvalue weighted by molar-refractivity contribution is 7.89. The van der Waals surface area contributed by atoms with E-state index < -0.39 is 27.4 Å². The summed E-state index contributed by atoms with van der Waals surface area (Å²) in [6.45, 7) is 0.922. The Hall–Kier alpha value is -2.29. The van der Waals surface area contributed by atoms with Gasteiger partial charge in [-0.25, -0.2) is 22.3 Å². The van der Waals surface area contributed by atoms with Gasteiger partial charge in [-0.1, -0.05) is 30.3 Å². The molecule has 2 aromatic carbocycles. The third kappa shape index (κ3) is 5.63. The maximum absolute atomic E-state index is 13.3. The van der Waals surface area contributed by atoms with E-state index in [-0.39, 0.29) is 11.4 Å². The predicted octanol–water partition coefficient (Wildman–Crippen LogP) is 2.41. The largest absolute Gasteiger partial charge is 0.478 e. The molecule has 6 nitrogen and oxygen atoms in total. The molecule has 8 heteroatoms. The Kier molecular flexibility index (Phi) is 6.63. The minimum absolute atomic E-state index is 0.122. The molecule has 0 saturated carbocycles. The summed E-state index contributed by atoms with van der Waals surface area (Å²) >= 11 is 0. The molecule has 2 rings (SSSR count). The van der Waals surface area contributed by atoms with Crippen LogP contribution in [0.15, 0.2) is 53.4 Å². The van der Waals surface area contributed by atoms with Crippen molar-refractivity contribution in [2.45, 2.75) is 17.9 Å². The maximum atomic E-state index is 13.3. The highest BCUT2D eigenvalue weighted by atomic mass is 32.2. The van der Waals surface area contributed by atoms with Gasteiger partial charge in [-0.3, -0.25) is 0 Å². The molecule has 0 atom stereocenters. The van der Waals surface area contributed by atoms with Gasteiger partial charge in [-0.05, 0) is 30.2 Å².